The van der Waals surface area contributed by atoms with Crippen molar-refractivity contribution in [1.82, 2.24) is 4.90 Å². The highest BCUT2D eigenvalue weighted by atomic mass is 32.2. The van der Waals surface area contributed by atoms with Gasteiger partial charge in [0.1, 0.15) is 12.0 Å². The molecule has 6 nitrogen and oxygen atoms in total. The number of para-hydroxylation sites is 3. The molecule has 0 aromatic heterocycles. The maximum absolute atomic E-state index is 13.7. The molecule has 0 saturated heterocycles. The van der Waals surface area contributed by atoms with Crippen molar-refractivity contribution in [3.8, 4) is 11.5 Å². The van der Waals surface area contributed by atoms with Gasteiger partial charge in [-0.25, -0.2) is 8.42 Å². The summed E-state index contributed by atoms with van der Waals surface area (Å²) in [6.07, 6.45) is 1.59. The monoisotopic (exact) mass is 480 g/mol. The summed E-state index contributed by atoms with van der Waals surface area (Å²) in [7, 11) is -0.0352. The fraction of sp³-hybridized carbons (Fsp3) is 0.333. The quantitative estimate of drug-likeness (QED) is 0.465. The van der Waals surface area contributed by atoms with Gasteiger partial charge in [0.15, 0.2) is 21.3 Å². The van der Waals surface area contributed by atoms with Crippen LogP contribution in [-0.4, -0.2) is 52.0 Å². The van der Waals surface area contributed by atoms with Crippen LogP contribution in [0.4, 0.5) is 5.69 Å². The van der Waals surface area contributed by atoms with Crippen LogP contribution in [0, 0.1) is 0 Å². The first-order valence-electron chi connectivity index (χ1n) is 11.5. The third-order valence-corrected chi connectivity index (χ3v) is 8.37. The van der Waals surface area contributed by atoms with Crippen molar-refractivity contribution in [2.24, 2.45) is 0 Å². The highest BCUT2D eigenvalue weighted by Crippen LogP contribution is 2.30. The summed E-state index contributed by atoms with van der Waals surface area (Å²) >= 11 is 0. The lowest BCUT2D eigenvalue weighted by Crippen LogP contribution is -2.52. The molecule has 1 aliphatic heterocycles. The number of nitrogens with zero attached hydrogens (tertiary/aromatic N) is 1. The Kier molecular flexibility index (Phi) is 7.75. The van der Waals surface area contributed by atoms with E-state index in [1.54, 1.807) is 7.11 Å². The van der Waals surface area contributed by atoms with Crippen LogP contribution < -0.4 is 14.8 Å². The molecule has 34 heavy (non-hydrogen) atoms. The molecule has 0 fully saturated rings. The number of fused-ring (bicyclic) bond motifs is 1. The summed E-state index contributed by atoms with van der Waals surface area (Å²) in [6.45, 7) is 0.800. The molecule has 0 aliphatic carbocycles. The van der Waals surface area contributed by atoms with E-state index in [9.17, 15) is 8.42 Å². The third-order valence-electron chi connectivity index (χ3n) is 6.21. The summed E-state index contributed by atoms with van der Waals surface area (Å²) in [5.74, 6) is 1.30. The first-order chi connectivity index (χ1) is 16.5. The Labute approximate surface area is 202 Å². The Balaban J connectivity index is 1.53. The summed E-state index contributed by atoms with van der Waals surface area (Å²) < 4.78 is 38.8. The molecular weight excluding hydrogens is 448 g/mol. The molecule has 4 rings (SSSR count). The molecule has 1 aliphatic rings. The van der Waals surface area contributed by atoms with Crippen LogP contribution in [0.25, 0.3) is 0 Å². The Morgan fingerprint density at radius 1 is 0.971 bits per heavy atom. The molecule has 0 spiro atoms. The second-order valence-electron chi connectivity index (χ2n) is 8.61. The average Bonchev–Trinajstić information content (AvgIpc) is 2.84. The predicted octanol–water partition coefficient (Wildman–Crippen LogP) is 4.37. The number of aryl methyl sites for hydroxylation is 1. The molecule has 0 bridgehead atoms. The van der Waals surface area contributed by atoms with Crippen molar-refractivity contribution >= 4 is 15.5 Å². The van der Waals surface area contributed by atoms with Gasteiger partial charge in [-0.3, -0.25) is 4.90 Å². The molecule has 7 heteroatoms. The second-order valence-corrected chi connectivity index (χ2v) is 10.7. The number of ether oxygens (including phenoxy) is 2. The van der Waals surface area contributed by atoms with E-state index in [1.807, 2.05) is 84.7 Å². The van der Waals surface area contributed by atoms with Crippen molar-refractivity contribution in [1.29, 1.82) is 0 Å². The highest BCUT2D eigenvalue weighted by Gasteiger charge is 2.38. The van der Waals surface area contributed by atoms with Gasteiger partial charge in [-0.05, 0) is 49.2 Å². The van der Waals surface area contributed by atoms with Crippen molar-refractivity contribution in [3.05, 3.63) is 90.0 Å². The van der Waals surface area contributed by atoms with Crippen molar-refractivity contribution < 1.29 is 17.9 Å². The Hall–Kier alpha value is -3.03. The van der Waals surface area contributed by atoms with Crippen molar-refractivity contribution in [2.75, 3.05) is 32.6 Å². The fourth-order valence-corrected chi connectivity index (χ4v) is 6.75. The van der Waals surface area contributed by atoms with Crippen LogP contribution in [-0.2, 0) is 22.0 Å². The number of rotatable bonds is 10. The van der Waals surface area contributed by atoms with E-state index in [0.717, 1.165) is 24.1 Å². The van der Waals surface area contributed by atoms with E-state index in [2.05, 4.69) is 11.4 Å². The van der Waals surface area contributed by atoms with E-state index >= 15 is 0 Å². The molecular formula is C27H32N2O4S. The SMILES string of the molecule is COc1ccccc1OCCN(C)C(C1CCc2ccccc2N1)S(=O)(=O)Cc1ccccc1. The zero-order valence-corrected chi connectivity index (χ0v) is 20.5. The van der Waals surface area contributed by atoms with Gasteiger partial charge in [0.05, 0.1) is 18.9 Å². The van der Waals surface area contributed by atoms with E-state index in [4.69, 9.17) is 9.47 Å². The minimum absolute atomic E-state index is 0.00393. The average molecular weight is 481 g/mol. The summed E-state index contributed by atoms with van der Waals surface area (Å²) in [5, 5.41) is 2.82. The topological polar surface area (TPSA) is 67.9 Å². The number of likely N-dealkylation sites (N-methyl/N-ethyl adjacent to an activating group) is 1. The fourth-order valence-electron chi connectivity index (χ4n) is 4.56. The van der Waals surface area contributed by atoms with Gasteiger partial charge in [-0.1, -0.05) is 60.7 Å². The largest absolute Gasteiger partial charge is 0.493 e. The summed E-state index contributed by atoms with van der Waals surface area (Å²) in [4.78, 5) is 1.90. The minimum Gasteiger partial charge on any atom is -0.493 e. The highest BCUT2D eigenvalue weighted by molar-refractivity contribution is 7.91. The number of anilines is 1. The lowest BCUT2D eigenvalue weighted by molar-refractivity contribution is 0.206. The number of hydrogen-bond donors (Lipinski definition) is 1. The molecule has 0 saturated carbocycles. The number of sulfone groups is 1. The lowest BCUT2D eigenvalue weighted by Gasteiger charge is -2.38. The molecule has 0 amide bonds. The van der Waals surface area contributed by atoms with Crippen LogP contribution in [0.2, 0.25) is 0 Å². The number of nitrogens with one attached hydrogen (secondary N) is 1. The van der Waals surface area contributed by atoms with E-state index in [1.165, 1.54) is 5.56 Å². The van der Waals surface area contributed by atoms with Crippen LogP contribution in [0.3, 0.4) is 0 Å². The first kappa shape index (κ1) is 24.1. The molecule has 1 N–H and O–H groups in total. The second kappa shape index (κ2) is 10.9. The maximum Gasteiger partial charge on any atom is 0.172 e. The van der Waals surface area contributed by atoms with Crippen LogP contribution in [0.1, 0.15) is 17.5 Å². The maximum atomic E-state index is 13.7. The third kappa shape index (κ3) is 5.72. The zero-order valence-electron chi connectivity index (χ0n) is 19.7. The normalized spacial score (nSPS) is 16.4. The first-order valence-corrected chi connectivity index (χ1v) is 13.3. The lowest BCUT2D eigenvalue weighted by atomic mass is 9.97. The van der Waals surface area contributed by atoms with E-state index in [-0.39, 0.29) is 11.8 Å². The van der Waals surface area contributed by atoms with E-state index in [0.29, 0.717) is 24.7 Å². The van der Waals surface area contributed by atoms with Gasteiger partial charge >= 0.3 is 0 Å². The van der Waals surface area contributed by atoms with Gasteiger partial charge in [-0.15, -0.1) is 0 Å². The Morgan fingerprint density at radius 2 is 1.65 bits per heavy atom. The van der Waals surface area contributed by atoms with Gasteiger partial charge in [0.2, 0.25) is 0 Å². The van der Waals surface area contributed by atoms with E-state index < -0.39 is 15.2 Å². The van der Waals surface area contributed by atoms with Crippen LogP contribution in [0.15, 0.2) is 78.9 Å². The van der Waals surface area contributed by atoms with Crippen LogP contribution >= 0.6 is 0 Å². The Morgan fingerprint density at radius 3 is 2.41 bits per heavy atom. The molecule has 2 unspecified atom stereocenters. The van der Waals surface area contributed by atoms with Crippen LogP contribution in [0.5, 0.6) is 11.5 Å². The Bertz CT molecular complexity index is 1180. The molecule has 0 radical (unpaired) electrons. The minimum atomic E-state index is -3.50. The summed E-state index contributed by atoms with van der Waals surface area (Å²) in [6, 6.07) is 24.7. The number of methoxy groups -OCH3 is 1. The molecule has 3 aromatic carbocycles. The number of hydrogen-bond acceptors (Lipinski definition) is 6. The van der Waals surface area contributed by atoms with Gasteiger partial charge < -0.3 is 14.8 Å². The molecule has 180 valence electrons. The van der Waals surface area contributed by atoms with Gasteiger partial charge in [0, 0.05) is 12.2 Å². The molecule has 2 atom stereocenters. The van der Waals surface area contributed by atoms with Crippen molar-refractivity contribution in [2.45, 2.75) is 30.0 Å². The van der Waals surface area contributed by atoms with Gasteiger partial charge in [0.25, 0.3) is 0 Å². The molecule has 3 aromatic rings. The smallest absolute Gasteiger partial charge is 0.172 e. The summed E-state index contributed by atoms with van der Waals surface area (Å²) in [5.41, 5.74) is 3.03. The standard InChI is InChI=1S/C27H32N2O4S/c1-29(18-19-33-26-15-9-8-14-25(26)32-2)27(34(30,31)20-21-10-4-3-5-11-21)24-17-16-22-12-6-7-13-23(22)28-24/h3-15,24,27-28H,16-20H2,1-2H3. The van der Waals surface area contributed by atoms with Gasteiger partial charge in [-0.2, -0.15) is 0 Å². The van der Waals surface area contributed by atoms with Crippen molar-refractivity contribution in [3.63, 3.8) is 0 Å². The number of benzene rings is 3. The zero-order chi connectivity index (χ0) is 24.0. The molecule has 1 heterocycles. The predicted molar refractivity (Wildman–Crippen MR) is 136 cm³/mol.